The molecule has 0 aliphatic carbocycles. The Balaban J connectivity index is 3.40. The van der Waals surface area contributed by atoms with E-state index in [1.807, 2.05) is 6.92 Å². The summed E-state index contributed by atoms with van der Waals surface area (Å²) in [4.78, 5) is 10.9. The predicted molar refractivity (Wildman–Crippen MR) is 83.6 cm³/mol. The van der Waals surface area contributed by atoms with Crippen LogP contribution < -0.4 is 0 Å². The van der Waals surface area contributed by atoms with Crippen LogP contribution in [0.3, 0.4) is 0 Å². The van der Waals surface area contributed by atoms with Crippen molar-refractivity contribution in [2.24, 2.45) is 0 Å². The van der Waals surface area contributed by atoms with Gasteiger partial charge < -0.3 is 9.84 Å². The van der Waals surface area contributed by atoms with Crippen LogP contribution in [0.2, 0.25) is 0 Å². The summed E-state index contributed by atoms with van der Waals surface area (Å²) in [5.74, 6) is -0.108. The third kappa shape index (κ3) is 13.6. The van der Waals surface area contributed by atoms with Crippen molar-refractivity contribution in [1.82, 2.24) is 0 Å². The third-order valence-electron chi connectivity index (χ3n) is 3.50. The van der Waals surface area contributed by atoms with Crippen molar-refractivity contribution in [2.45, 2.75) is 84.2 Å². The van der Waals surface area contributed by atoms with E-state index in [1.54, 1.807) is 0 Å². The van der Waals surface area contributed by atoms with E-state index < -0.39 is 0 Å². The highest BCUT2D eigenvalue weighted by Crippen LogP contribution is 2.13. The van der Waals surface area contributed by atoms with Gasteiger partial charge in [0.2, 0.25) is 0 Å². The summed E-state index contributed by atoms with van der Waals surface area (Å²) in [5.41, 5.74) is 1.46. The average Bonchev–Trinajstić information content (AvgIpc) is 2.41. The molecule has 0 rings (SSSR count). The van der Waals surface area contributed by atoms with Gasteiger partial charge in [-0.1, -0.05) is 30.9 Å². The average molecular weight is 284 g/mol. The smallest absolute Gasteiger partial charge is 0.305 e. The Morgan fingerprint density at radius 1 is 1.10 bits per heavy atom. The zero-order valence-corrected chi connectivity index (χ0v) is 13.5. The monoisotopic (exact) mass is 284 g/mol. The number of rotatable bonds is 12. The fraction of sp³-hybridized carbons (Fsp3) is 0.824. The summed E-state index contributed by atoms with van der Waals surface area (Å²) < 4.78 is 4.61. The molecule has 1 unspecified atom stereocenters. The van der Waals surface area contributed by atoms with Crippen molar-refractivity contribution in [3.63, 3.8) is 0 Å². The summed E-state index contributed by atoms with van der Waals surface area (Å²) in [5, 5.41) is 9.15. The number of aliphatic hydroxyl groups is 1. The molecule has 0 saturated carbocycles. The molecule has 0 saturated heterocycles. The van der Waals surface area contributed by atoms with Crippen molar-refractivity contribution in [2.75, 3.05) is 7.11 Å². The van der Waals surface area contributed by atoms with E-state index in [9.17, 15) is 4.79 Å². The molecule has 0 spiro atoms. The fourth-order valence-corrected chi connectivity index (χ4v) is 2.16. The van der Waals surface area contributed by atoms with Crippen LogP contribution >= 0.6 is 0 Å². The first-order valence-electron chi connectivity index (χ1n) is 7.96. The fourth-order valence-electron chi connectivity index (χ4n) is 2.16. The van der Waals surface area contributed by atoms with Crippen molar-refractivity contribution >= 4 is 5.97 Å². The van der Waals surface area contributed by atoms with Crippen LogP contribution in [0.25, 0.3) is 0 Å². The van der Waals surface area contributed by atoms with Crippen LogP contribution in [0, 0.1) is 0 Å². The number of esters is 1. The molecular weight excluding hydrogens is 252 g/mol. The lowest BCUT2D eigenvalue weighted by atomic mass is 10.0. The molecular formula is C17H32O3. The molecule has 1 atom stereocenters. The van der Waals surface area contributed by atoms with Gasteiger partial charge in [-0.3, -0.25) is 4.79 Å². The van der Waals surface area contributed by atoms with Crippen LogP contribution in [0.4, 0.5) is 0 Å². The normalized spacial score (nSPS) is 13.3. The molecule has 118 valence electrons. The van der Waals surface area contributed by atoms with Gasteiger partial charge in [-0.15, -0.1) is 0 Å². The number of ether oxygens (including phenoxy) is 1. The van der Waals surface area contributed by atoms with Crippen LogP contribution in [-0.2, 0) is 9.53 Å². The molecule has 20 heavy (non-hydrogen) atoms. The van der Waals surface area contributed by atoms with Gasteiger partial charge in [0.25, 0.3) is 0 Å². The van der Waals surface area contributed by atoms with E-state index in [-0.39, 0.29) is 12.1 Å². The van der Waals surface area contributed by atoms with Crippen molar-refractivity contribution in [1.29, 1.82) is 0 Å². The van der Waals surface area contributed by atoms with Crippen LogP contribution in [0.1, 0.15) is 78.1 Å². The largest absolute Gasteiger partial charge is 0.469 e. The molecule has 0 aromatic rings. The Labute approximate surface area is 124 Å². The Kier molecular flexibility index (Phi) is 12.6. The zero-order valence-electron chi connectivity index (χ0n) is 13.5. The van der Waals surface area contributed by atoms with Crippen molar-refractivity contribution < 1.29 is 14.6 Å². The quantitative estimate of drug-likeness (QED) is 0.328. The first kappa shape index (κ1) is 19.2. The van der Waals surface area contributed by atoms with Gasteiger partial charge in [0, 0.05) is 6.42 Å². The summed E-state index contributed by atoms with van der Waals surface area (Å²) >= 11 is 0. The van der Waals surface area contributed by atoms with E-state index in [2.05, 4.69) is 17.7 Å². The summed E-state index contributed by atoms with van der Waals surface area (Å²) in [7, 11) is 1.44. The Morgan fingerprint density at radius 2 is 1.75 bits per heavy atom. The van der Waals surface area contributed by atoms with E-state index in [1.165, 1.54) is 38.4 Å². The van der Waals surface area contributed by atoms with Crippen molar-refractivity contribution in [3.05, 3.63) is 11.6 Å². The van der Waals surface area contributed by atoms with E-state index in [4.69, 9.17) is 5.11 Å². The van der Waals surface area contributed by atoms with Gasteiger partial charge in [-0.2, -0.15) is 0 Å². The molecule has 0 fully saturated rings. The standard InChI is InChI=1S/C17H32O3/c1-15(11-7-4-5-9-13-16(2)18)12-8-6-10-14-17(19)20-3/h12,16,18H,4-11,13-14H2,1-3H3/b15-12+. The number of allylic oxidation sites excluding steroid dienone is 2. The molecule has 0 aromatic heterocycles. The number of hydrogen-bond donors (Lipinski definition) is 1. The second-order valence-corrected chi connectivity index (χ2v) is 5.67. The highest BCUT2D eigenvalue weighted by Gasteiger charge is 1.99. The van der Waals surface area contributed by atoms with Crippen molar-refractivity contribution in [3.8, 4) is 0 Å². The number of carbonyl (C=O) groups excluding carboxylic acids is 1. The molecule has 0 aromatic carbocycles. The minimum absolute atomic E-state index is 0.108. The zero-order chi connectivity index (χ0) is 15.2. The first-order chi connectivity index (χ1) is 9.56. The summed E-state index contributed by atoms with van der Waals surface area (Å²) in [6.07, 6.45) is 12.7. The lowest BCUT2D eigenvalue weighted by molar-refractivity contribution is -0.140. The van der Waals surface area contributed by atoms with Gasteiger partial charge in [-0.05, 0) is 52.4 Å². The molecule has 0 heterocycles. The minimum atomic E-state index is -0.151. The van der Waals surface area contributed by atoms with Gasteiger partial charge >= 0.3 is 5.97 Å². The van der Waals surface area contributed by atoms with Crippen LogP contribution in [0.5, 0.6) is 0 Å². The van der Waals surface area contributed by atoms with E-state index in [0.717, 1.165) is 32.1 Å². The number of unbranched alkanes of at least 4 members (excludes halogenated alkanes) is 5. The Bertz CT molecular complexity index is 269. The lowest BCUT2D eigenvalue weighted by Gasteiger charge is -2.04. The summed E-state index contributed by atoms with van der Waals surface area (Å²) in [6, 6.07) is 0. The maximum Gasteiger partial charge on any atom is 0.305 e. The van der Waals surface area contributed by atoms with Gasteiger partial charge in [0.1, 0.15) is 0 Å². The molecule has 0 aliphatic heterocycles. The number of carbonyl (C=O) groups is 1. The first-order valence-corrected chi connectivity index (χ1v) is 7.96. The highest BCUT2D eigenvalue weighted by molar-refractivity contribution is 5.68. The molecule has 1 N–H and O–H groups in total. The van der Waals surface area contributed by atoms with Crippen LogP contribution in [0.15, 0.2) is 11.6 Å². The number of hydrogen-bond acceptors (Lipinski definition) is 3. The molecule has 0 bridgehead atoms. The predicted octanol–water partition coefficient (Wildman–Crippen LogP) is 4.39. The molecule has 0 amide bonds. The Hall–Kier alpha value is -0.830. The lowest BCUT2D eigenvalue weighted by Crippen LogP contribution is -1.98. The number of aliphatic hydroxyl groups excluding tert-OH is 1. The summed E-state index contributed by atoms with van der Waals surface area (Å²) in [6.45, 7) is 4.04. The van der Waals surface area contributed by atoms with Crippen LogP contribution in [-0.4, -0.2) is 24.3 Å². The molecule has 0 aliphatic rings. The van der Waals surface area contributed by atoms with Gasteiger partial charge in [-0.25, -0.2) is 0 Å². The van der Waals surface area contributed by atoms with Gasteiger partial charge in [0.15, 0.2) is 0 Å². The maximum absolute atomic E-state index is 10.9. The maximum atomic E-state index is 10.9. The number of methoxy groups -OCH3 is 1. The van der Waals surface area contributed by atoms with Gasteiger partial charge in [0.05, 0.1) is 13.2 Å². The minimum Gasteiger partial charge on any atom is -0.469 e. The molecule has 3 heteroatoms. The molecule has 3 nitrogen and oxygen atoms in total. The SMILES string of the molecule is COC(=O)CCCC/C=C(\C)CCCCCCC(C)O. The van der Waals surface area contributed by atoms with E-state index >= 15 is 0 Å². The highest BCUT2D eigenvalue weighted by atomic mass is 16.5. The second-order valence-electron chi connectivity index (χ2n) is 5.67. The Morgan fingerprint density at radius 3 is 2.40 bits per heavy atom. The second kappa shape index (κ2) is 13.2. The topological polar surface area (TPSA) is 46.5 Å². The third-order valence-corrected chi connectivity index (χ3v) is 3.50. The van der Waals surface area contributed by atoms with E-state index in [0.29, 0.717) is 6.42 Å². The molecule has 0 radical (unpaired) electrons.